The van der Waals surface area contributed by atoms with Gasteiger partial charge in [-0.15, -0.1) is 0 Å². The zero-order chi connectivity index (χ0) is 37.9. The molecule has 57 heavy (non-hydrogen) atoms. The Hall–Kier alpha value is -7.55. The van der Waals surface area contributed by atoms with Crippen LogP contribution in [0.4, 0.5) is 0 Å². The SMILES string of the molecule is O=c1c2ccc(-c3ccccc3)cc2c2cc(-c3ccccc3)ccc2n1-c1ccc(-c2cccc(-c3ccc4c5ccccc5c5ccccc5c4c3)c2)cc1. The first kappa shape index (κ1) is 32.8. The number of benzene rings is 10. The van der Waals surface area contributed by atoms with Crippen LogP contribution in [-0.4, -0.2) is 4.57 Å². The standard InChI is InChI=1S/C55H35NO/c57-55-50-30-25-41(36-12-3-1-4-13-36)33-52(50)53-35-42(37-14-5-2-6-15-37)26-31-54(53)56(55)44-27-22-38(23-28-44)39-16-11-17-40(32-39)43-24-29-49-47-20-8-7-18-45(47)46-19-9-10-21-48(46)51(49)34-43/h1-35H. The molecule has 11 rings (SSSR count). The van der Waals surface area contributed by atoms with Crippen molar-refractivity contribution in [1.29, 1.82) is 0 Å². The second-order valence-corrected chi connectivity index (χ2v) is 14.8. The number of fused-ring (bicyclic) bond motifs is 9. The predicted octanol–water partition coefficient (Wildman–Crippen LogP) is 14.3. The van der Waals surface area contributed by atoms with E-state index in [1.165, 1.54) is 37.9 Å². The lowest BCUT2D eigenvalue weighted by Crippen LogP contribution is -2.19. The Balaban J connectivity index is 1.01. The summed E-state index contributed by atoms with van der Waals surface area (Å²) in [6.45, 7) is 0. The molecular formula is C55H35NO. The zero-order valence-corrected chi connectivity index (χ0v) is 31.1. The van der Waals surface area contributed by atoms with Crippen LogP contribution < -0.4 is 5.56 Å². The average Bonchev–Trinajstić information content (AvgIpc) is 3.29. The third kappa shape index (κ3) is 5.53. The molecule has 0 unspecified atom stereocenters. The van der Waals surface area contributed by atoms with Crippen molar-refractivity contribution in [2.75, 3.05) is 0 Å². The van der Waals surface area contributed by atoms with Crippen LogP contribution in [0.5, 0.6) is 0 Å². The molecule has 0 fully saturated rings. The lowest BCUT2D eigenvalue weighted by molar-refractivity contribution is 1.06. The Morgan fingerprint density at radius 3 is 1.21 bits per heavy atom. The van der Waals surface area contributed by atoms with E-state index in [1.54, 1.807) is 0 Å². The minimum atomic E-state index is -0.0315. The van der Waals surface area contributed by atoms with Crippen LogP contribution in [0.15, 0.2) is 217 Å². The molecule has 0 saturated heterocycles. The van der Waals surface area contributed by atoms with Gasteiger partial charge in [0.2, 0.25) is 0 Å². The summed E-state index contributed by atoms with van der Waals surface area (Å²) in [6, 6.07) is 74.9. The Labute approximate surface area is 330 Å². The molecule has 266 valence electrons. The van der Waals surface area contributed by atoms with Gasteiger partial charge in [0.05, 0.1) is 5.52 Å². The molecule has 0 aliphatic rings. The maximum atomic E-state index is 14.5. The monoisotopic (exact) mass is 725 g/mol. The number of nitrogens with zero attached hydrogens (tertiary/aromatic N) is 1. The number of aromatic nitrogens is 1. The topological polar surface area (TPSA) is 22.0 Å². The van der Waals surface area contributed by atoms with Gasteiger partial charge in [0.15, 0.2) is 0 Å². The fourth-order valence-corrected chi connectivity index (χ4v) is 8.78. The van der Waals surface area contributed by atoms with E-state index in [4.69, 9.17) is 0 Å². The minimum Gasteiger partial charge on any atom is -0.276 e. The van der Waals surface area contributed by atoms with Crippen molar-refractivity contribution in [2.45, 2.75) is 0 Å². The van der Waals surface area contributed by atoms with Crippen LogP contribution in [0, 0.1) is 0 Å². The maximum absolute atomic E-state index is 14.5. The third-order valence-electron chi connectivity index (χ3n) is 11.6. The van der Waals surface area contributed by atoms with Gasteiger partial charge in [-0.2, -0.15) is 0 Å². The molecule has 0 N–H and O–H groups in total. The third-order valence-corrected chi connectivity index (χ3v) is 11.6. The molecule has 1 aromatic heterocycles. The molecule has 11 aromatic rings. The first-order valence-electron chi connectivity index (χ1n) is 19.5. The summed E-state index contributed by atoms with van der Waals surface area (Å²) in [5.74, 6) is 0. The van der Waals surface area contributed by atoms with E-state index >= 15 is 0 Å². The fraction of sp³-hybridized carbons (Fsp3) is 0. The molecule has 0 amide bonds. The van der Waals surface area contributed by atoms with Crippen LogP contribution in [0.2, 0.25) is 0 Å². The Bertz CT molecular complexity index is 3360. The highest BCUT2D eigenvalue weighted by Gasteiger charge is 2.16. The predicted molar refractivity (Wildman–Crippen MR) is 241 cm³/mol. The first-order valence-corrected chi connectivity index (χ1v) is 19.5. The molecule has 1 heterocycles. The molecular weight excluding hydrogens is 691 g/mol. The van der Waals surface area contributed by atoms with E-state index in [0.29, 0.717) is 5.39 Å². The van der Waals surface area contributed by atoms with Crippen molar-refractivity contribution in [3.63, 3.8) is 0 Å². The average molecular weight is 726 g/mol. The first-order chi connectivity index (χ1) is 28.2. The van der Waals surface area contributed by atoms with Gasteiger partial charge in [0.25, 0.3) is 5.56 Å². The van der Waals surface area contributed by atoms with Gasteiger partial charge in [-0.05, 0) is 131 Å². The summed E-state index contributed by atoms with van der Waals surface area (Å²) in [6.07, 6.45) is 0. The zero-order valence-electron chi connectivity index (χ0n) is 31.1. The molecule has 2 nitrogen and oxygen atoms in total. The van der Waals surface area contributed by atoms with Gasteiger partial charge in [0.1, 0.15) is 0 Å². The van der Waals surface area contributed by atoms with Crippen LogP contribution in [0.3, 0.4) is 0 Å². The highest BCUT2D eigenvalue weighted by molar-refractivity contribution is 6.25. The van der Waals surface area contributed by atoms with Gasteiger partial charge in [0, 0.05) is 16.5 Å². The van der Waals surface area contributed by atoms with Crippen LogP contribution in [0.25, 0.3) is 104 Å². The van der Waals surface area contributed by atoms with E-state index in [-0.39, 0.29) is 5.56 Å². The highest BCUT2D eigenvalue weighted by Crippen LogP contribution is 2.38. The quantitative estimate of drug-likeness (QED) is 0.162. The molecule has 0 aliphatic heterocycles. The summed E-state index contributed by atoms with van der Waals surface area (Å²) in [7, 11) is 0. The molecule has 0 bridgehead atoms. The summed E-state index contributed by atoms with van der Waals surface area (Å²) in [5, 5.41) is 10.3. The molecule has 0 saturated carbocycles. The summed E-state index contributed by atoms with van der Waals surface area (Å²) < 4.78 is 1.87. The van der Waals surface area contributed by atoms with Gasteiger partial charge in [-0.25, -0.2) is 0 Å². The number of pyridine rings is 1. The van der Waals surface area contributed by atoms with Crippen molar-refractivity contribution in [2.24, 2.45) is 0 Å². The Morgan fingerprint density at radius 2 is 0.614 bits per heavy atom. The minimum absolute atomic E-state index is 0.0315. The van der Waals surface area contributed by atoms with E-state index in [0.717, 1.165) is 60.9 Å². The molecule has 0 aliphatic carbocycles. The molecule has 10 aromatic carbocycles. The van der Waals surface area contributed by atoms with Crippen molar-refractivity contribution in [3.05, 3.63) is 223 Å². The normalized spacial score (nSPS) is 11.6. The van der Waals surface area contributed by atoms with Gasteiger partial charge >= 0.3 is 0 Å². The Morgan fingerprint density at radius 1 is 0.246 bits per heavy atom. The molecule has 0 atom stereocenters. The fourth-order valence-electron chi connectivity index (χ4n) is 8.78. The summed E-state index contributed by atoms with van der Waals surface area (Å²) in [4.78, 5) is 14.5. The summed E-state index contributed by atoms with van der Waals surface area (Å²) in [5.41, 5.74) is 10.7. The van der Waals surface area contributed by atoms with Crippen molar-refractivity contribution in [3.8, 4) is 50.2 Å². The van der Waals surface area contributed by atoms with Gasteiger partial charge in [-0.3, -0.25) is 9.36 Å². The van der Waals surface area contributed by atoms with E-state index < -0.39 is 0 Å². The van der Waals surface area contributed by atoms with E-state index in [2.05, 4.69) is 194 Å². The number of hydrogen-bond acceptors (Lipinski definition) is 1. The maximum Gasteiger partial charge on any atom is 0.263 e. The largest absolute Gasteiger partial charge is 0.276 e. The summed E-state index contributed by atoms with van der Waals surface area (Å²) >= 11 is 0. The molecule has 0 radical (unpaired) electrons. The lowest BCUT2D eigenvalue weighted by atomic mass is 9.91. The van der Waals surface area contributed by atoms with Crippen molar-refractivity contribution >= 4 is 54.0 Å². The van der Waals surface area contributed by atoms with Gasteiger partial charge in [-0.1, -0.05) is 164 Å². The second kappa shape index (κ2) is 13.3. The van der Waals surface area contributed by atoms with E-state index in [9.17, 15) is 4.79 Å². The Kier molecular flexibility index (Phi) is 7.68. The molecule has 2 heteroatoms. The van der Waals surface area contributed by atoms with Crippen LogP contribution in [-0.2, 0) is 0 Å². The highest BCUT2D eigenvalue weighted by atomic mass is 16.1. The second-order valence-electron chi connectivity index (χ2n) is 14.8. The lowest BCUT2D eigenvalue weighted by Gasteiger charge is -2.16. The number of rotatable bonds is 5. The smallest absolute Gasteiger partial charge is 0.263 e. The van der Waals surface area contributed by atoms with Crippen LogP contribution in [0.1, 0.15) is 0 Å². The molecule has 0 spiro atoms. The number of hydrogen-bond donors (Lipinski definition) is 0. The van der Waals surface area contributed by atoms with Crippen molar-refractivity contribution in [1.82, 2.24) is 4.57 Å². The van der Waals surface area contributed by atoms with E-state index in [1.807, 2.05) is 22.8 Å². The van der Waals surface area contributed by atoms with Gasteiger partial charge < -0.3 is 0 Å². The van der Waals surface area contributed by atoms with Crippen molar-refractivity contribution < 1.29 is 0 Å². The van der Waals surface area contributed by atoms with Crippen LogP contribution >= 0.6 is 0 Å².